The van der Waals surface area contributed by atoms with Crippen molar-refractivity contribution < 1.29 is 4.79 Å². The maximum absolute atomic E-state index is 12.2. The van der Waals surface area contributed by atoms with E-state index >= 15 is 0 Å². The fourth-order valence-corrected chi connectivity index (χ4v) is 4.10. The molecule has 0 spiro atoms. The number of rotatable bonds is 7. The van der Waals surface area contributed by atoms with E-state index in [4.69, 9.17) is 0 Å². The molecule has 2 N–H and O–H groups in total. The van der Waals surface area contributed by atoms with Crippen molar-refractivity contribution in [3.63, 3.8) is 0 Å². The van der Waals surface area contributed by atoms with Crippen LogP contribution in [0.15, 0.2) is 29.3 Å². The van der Waals surface area contributed by atoms with Crippen LogP contribution in [0.1, 0.15) is 43.7 Å². The average molecular weight is 527 g/mol. The van der Waals surface area contributed by atoms with Crippen molar-refractivity contribution in [2.45, 2.75) is 46.1 Å². The summed E-state index contributed by atoms with van der Waals surface area (Å²) in [5, 5.41) is 6.73. The van der Waals surface area contributed by atoms with E-state index < -0.39 is 0 Å². The molecular weight excluding hydrogens is 489 g/mol. The minimum atomic E-state index is 0. The molecule has 2 heterocycles. The average Bonchev–Trinajstić information content (AvgIpc) is 3.28. The van der Waals surface area contributed by atoms with Crippen LogP contribution in [0.3, 0.4) is 0 Å². The largest absolute Gasteiger partial charge is 0.357 e. The zero-order valence-corrected chi connectivity index (χ0v) is 20.9. The van der Waals surface area contributed by atoms with Crippen LogP contribution in [0.2, 0.25) is 0 Å². The summed E-state index contributed by atoms with van der Waals surface area (Å²) in [6.07, 6.45) is 4.64. The van der Waals surface area contributed by atoms with Gasteiger partial charge in [-0.25, -0.2) is 4.99 Å². The number of piperidine rings is 1. The Morgan fingerprint density at radius 2 is 1.73 bits per heavy atom. The SMILES string of the molecule is CCNC(=NCC(=O)N1CCCC1)NCC1CCN(Cc2ccc(C)cc2)CC1.I. The summed E-state index contributed by atoms with van der Waals surface area (Å²) in [5.41, 5.74) is 2.72. The fourth-order valence-electron chi connectivity index (χ4n) is 4.10. The Morgan fingerprint density at radius 1 is 1.07 bits per heavy atom. The second-order valence-corrected chi connectivity index (χ2v) is 8.37. The lowest BCUT2D eigenvalue weighted by molar-refractivity contribution is -0.128. The first-order valence-corrected chi connectivity index (χ1v) is 11.2. The molecule has 0 atom stereocenters. The van der Waals surface area contributed by atoms with Gasteiger partial charge in [0.25, 0.3) is 0 Å². The Bertz CT molecular complexity index is 665. The summed E-state index contributed by atoms with van der Waals surface area (Å²) >= 11 is 0. The molecule has 0 aromatic heterocycles. The quantitative estimate of drug-likeness (QED) is 0.325. The molecule has 2 fully saturated rings. The van der Waals surface area contributed by atoms with Crippen LogP contribution in [-0.4, -0.2) is 67.5 Å². The Kier molecular flexibility index (Phi) is 10.9. The summed E-state index contributed by atoms with van der Waals surface area (Å²) in [6, 6.07) is 8.88. The van der Waals surface area contributed by atoms with E-state index in [1.54, 1.807) is 0 Å². The van der Waals surface area contributed by atoms with E-state index in [0.717, 1.165) is 64.6 Å². The molecule has 2 aliphatic rings. The van der Waals surface area contributed by atoms with Gasteiger partial charge < -0.3 is 15.5 Å². The Balaban J connectivity index is 0.00000320. The van der Waals surface area contributed by atoms with Crippen molar-refractivity contribution in [3.05, 3.63) is 35.4 Å². The van der Waals surface area contributed by atoms with Gasteiger partial charge in [-0.15, -0.1) is 24.0 Å². The summed E-state index contributed by atoms with van der Waals surface area (Å²) in [7, 11) is 0. The molecule has 2 saturated heterocycles. The van der Waals surface area contributed by atoms with Crippen molar-refractivity contribution in [1.29, 1.82) is 0 Å². The van der Waals surface area contributed by atoms with E-state index in [-0.39, 0.29) is 36.4 Å². The van der Waals surface area contributed by atoms with Gasteiger partial charge in [0.15, 0.2) is 5.96 Å². The number of aliphatic imine (C=N–C) groups is 1. The molecule has 0 saturated carbocycles. The van der Waals surface area contributed by atoms with Gasteiger partial charge in [0.05, 0.1) is 0 Å². The number of amides is 1. The summed E-state index contributed by atoms with van der Waals surface area (Å²) in [4.78, 5) is 21.2. The normalized spacial score (nSPS) is 18.2. The van der Waals surface area contributed by atoms with Crippen LogP contribution >= 0.6 is 24.0 Å². The highest BCUT2D eigenvalue weighted by Crippen LogP contribution is 2.18. The standard InChI is InChI=1S/C23H37N5O.HI/c1-3-24-23(26-17-22(29)28-12-4-5-13-28)25-16-20-10-14-27(15-11-20)18-21-8-6-19(2)7-9-21;/h6-9,20H,3-5,10-18H2,1-2H3,(H2,24,25,26);1H. The Morgan fingerprint density at radius 3 is 2.37 bits per heavy atom. The molecule has 0 aliphatic carbocycles. The number of halogens is 1. The maximum atomic E-state index is 12.2. The Hall–Kier alpha value is -1.35. The number of nitrogens with one attached hydrogen (secondary N) is 2. The highest BCUT2D eigenvalue weighted by Gasteiger charge is 2.20. The van der Waals surface area contributed by atoms with Gasteiger partial charge in [0.2, 0.25) is 5.91 Å². The van der Waals surface area contributed by atoms with E-state index in [2.05, 4.69) is 58.6 Å². The number of hydrogen-bond acceptors (Lipinski definition) is 3. The molecule has 0 unspecified atom stereocenters. The first kappa shape index (κ1) is 24.9. The van der Waals surface area contributed by atoms with Gasteiger partial charge in [0.1, 0.15) is 6.54 Å². The number of hydrogen-bond donors (Lipinski definition) is 2. The molecule has 6 nitrogen and oxygen atoms in total. The zero-order chi connectivity index (χ0) is 20.5. The maximum Gasteiger partial charge on any atom is 0.244 e. The molecule has 1 aromatic rings. The minimum absolute atomic E-state index is 0. The second-order valence-electron chi connectivity index (χ2n) is 8.37. The number of carbonyl (C=O) groups is 1. The number of likely N-dealkylation sites (tertiary alicyclic amines) is 2. The van der Waals surface area contributed by atoms with Crippen molar-refractivity contribution >= 4 is 35.8 Å². The van der Waals surface area contributed by atoms with Crippen LogP contribution in [0, 0.1) is 12.8 Å². The van der Waals surface area contributed by atoms with E-state index in [9.17, 15) is 4.79 Å². The van der Waals surface area contributed by atoms with Crippen molar-refractivity contribution in [1.82, 2.24) is 20.4 Å². The minimum Gasteiger partial charge on any atom is -0.357 e. The third kappa shape index (κ3) is 8.06. The van der Waals surface area contributed by atoms with Crippen LogP contribution in [-0.2, 0) is 11.3 Å². The van der Waals surface area contributed by atoms with Gasteiger partial charge in [-0.1, -0.05) is 29.8 Å². The molecule has 0 bridgehead atoms. The summed E-state index contributed by atoms with van der Waals surface area (Å²) in [6.45, 7) is 11.3. The van der Waals surface area contributed by atoms with Crippen LogP contribution in [0.5, 0.6) is 0 Å². The van der Waals surface area contributed by atoms with Gasteiger partial charge in [0, 0.05) is 32.7 Å². The Labute approximate surface area is 198 Å². The molecular formula is C23H38IN5O. The zero-order valence-electron chi connectivity index (χ0n) is 18.5. The number of guanidine groups is 1. The van der Waals surface area contributed by atoms with Crippen molar-refractivity contribution in [3.8, 4) is 0 Å². The van der Waals surface area contributed by atoms with Crippen molar-refractivity contribution in [2.75, 3.05) is 45.8 Å². The van der Waals surface area contributed by atoms with Gasteiger partial charge in [-0.05, 0) is 64.1 Å². The number of aryl methyl sites for hydroxylation is 1. The predicted octanol–water partition coefficient (Wildman–Crippen LogP) is 3.00. The summed E-state index contributed by atoms with van der Waals surface area (Å²) in [5.74, 6) is 1.56. The monoisotopic (exact) mass is 527 g/mol. The number of carbonyl (C=O) groups excluding carboxylic acids is 1. The molecule has 3 rings (SSSR count). The highest BCUT2D eigenvalue weighted by atomic mass is 127. The fraction of sp³-hybridized carbons (Fsp3) is 0.652. The molecule has 168 valence electrons. The molecule has 30 heavy (non-hydrogen) atoms. The van der Waals surface area contributed by atoms with E-state index in [1.807, 2.05) is 4.90 Å². The molecule has 7 heteroatoms. The second kappa shape index (κ2) is 13.1. The lowest BCUT2D eigenvalue weighted by atomic mass is 9.96. The lowest BCUT2D eigenvalue weighted by Crippen LogP contribution is -2.43. The van der Waals surface area contributed by atoms with Crippen molar-refractivity contribution in [2.24, 2.45) is 10.9 Å². The van der Waals surface area contributed by atoms with Crippen LogP contribution < -0.4 is 10.6 Å². The highest BCUT2D eigenvalue weighted by molar-refractivity contribution is 14.0. The molecule has 0 radical (unpaired) electrons. The van der Waals surface area contributed by atoms with Gasteiger partial charge >= 0.3 is 0 Å². The molecule has 1 amide bonds. The molecule has 2 aliphatic heterocycles. The smallest absolute Gasteiger partial charge is 0.244 e. The number of benzene rings is 1. The summed E-state index contributed by atoms with van der Waals surface area (Å²) < 4.78 is 0. The predicted molar refractivity (Wildman–Crippen MR) is 134 cm³/mol. The lowest BCUT2D eigenvalue weighted by Gasteiger charge is -2.32. The topological polar surface area (TPSA) is 60.0 Å². The third-order valence-corrected chi connectivity index (χ3v) is 5.97. The van der Waals surface area contributed by atoms with E-state index in [0.29, 0.717) is 5.92 Å². The first-order chi connectivity index (χ1) is 14.1. The van der Waals surface area contributed by atoms with Gasteiger partial charge in [-0.3, -0.25) is 9.69 Å². The first-order valence-electron chi connectivity index (χ1n) is 11.2. The molecule has 1 aromatic carbocycles. The van der Waals surface area contributed by atoms with Crippen LogP contribution in [0.4, 0.5) is 0 Å². The number of nitrogens with zero attached hydrogens (tertiary/aromatic N) is 3. The van der Waals surface area contributed by atoms with E-state index in [1.165, 1.54) is 24.0 Å². The third-order valence-electron chi connectivity index (χ3n) is 5.97. The van der Waals surface area contributed by atoms with Crippen LogP contribution in [0.25, 0.3) is 0 Å². The van der Waals surface area contributed by atoms with Gasteiger partial charge in [-0.2, -0.15) is 0 Å².